The summed E-state index contributed by atoms with van der Waals surface area (Å²) in [4.78, 5) is 8.83. The third-order valence-electron chi connectivity index (χ3n) is 4.18. The number of fused-ring (bicyclic) bond motifs is 2. The number of imidazole rings is 1. The Bertz CT molecular complexity index is 837. The summed E-state index contributed by atoms with van der Waals surface area (Å²) in [7, 11) is 2.00. The Hall–Kier alpha value is -1.40. The lowest BCUT2D eigenvalue weighted by Crippen LogP contribution is -2.14. The molecule has 3 heterocycles. The van der Waals surface area contributed by atoms with Gasteiger partial charge in [0.2, 0.25) is 0 Å². The fourth-order valence-corrected chi connectivity index (χ4v) is 4.12. The van der Waals surface area contributed by atoms with E-state index in [1.807, 2.05) is 28.5 Å². The van der Waals surface area contributed by atoms with E-state index in [2.05, 4.69) is 26.0 Å². The molecule has 3 aromatic rings. The summed E-state index contributed by atoms with van der Waals surface area (Å²) < 4.78 is 4.75. The molecule has 0 amide bonds. The van der Waals surface area contributed by atoms with Crippen molar-refractivity contribution in [1.29, 1.82) is 0 Å². The van der Waals surface area contributed by atoms with Gasteiger partial charge in [-0.3, -0.25) is 9.08 Å². The molecule has 5 nitrogen and oxygen atoms in total. The lowest BCUT2D eigenvalue weighted by atomic mass is 9.86. The Morgan fingerprint density at radius 1 is 1.43 bits per heavy atom. The minimum Gasteiger partial charge on any atom is -0.298 e. The van der Waals surface area contributed by atoms with Crippen LogP contribution in [-0.4, -0.2) is 24.1 Å². The molecule has 3 aromatic heterocycles. The van der Waals surface area contributed by atoms with Crippen molar-refractivity contribution in [2.24, 2.45) is 7.05 Å². The number of hydrogen-bond acceptors (Lipinski definition) is 3. The molecule has 0 radical (unpaired) electrons. The van der Waals surface area contributed by atoms with Crippen molar-refractivity contribution in [2.45, 2.75) is 25.2 Å². The summed E-state index contributed by atoms with van der Waals surface area (Å²) in [6, 6.07) is 0. The quantitative estimate of drug-likeness (QED) is 0.663. The van der Waals surface area contributed by atoms with Gasteiger partial charge in [0.15, 0.2) is 5.15 Å². The van der Waals surface area contributed by atoms with Crippen molar-refractivity contribution in [1.82, 2.24) is 24.1 Å². The number of hydrogen-bond donors (Lipinski definition) is 0. The summed E-state index contributed by atoms with van der Waals surface area (Å²) in [5.74, 6) is 1.25. The molecule has 0 N–H and O–H groups in total. The Labute approximate surface area is 135 Å². The molecule has 0 spiro atoms. The second-order valence-corrected chi connectivity index (χ2v) is 6.42. The standard InChI is InChI=1S/C14H13BrClN5/c1-20-10-4-2-3-8(9(10)7-18-20)14-19-12(15)11-13(16)17-5-6-21(11)14/h5-8H,2-4H2,1H3. The highest BCUT2D eigenvalue weighted by Gasteiger charge is 2.29. The van der Waals surface area contributed by atoms with E-state index in [1.165, 1.54) is 11.3 Å². The van der Waals surface area contributed by atoms with Crippen LogP contribution in [0.2, 0.25) is 5.15 Å². The van der Waals surface area contributed by atoms with E-state index in [1.54, 1.807) is 6.20 Å². The average Bonchev–Trinajstić information content (AvgIpc) is 3.02. The minimum absolute atomic E-state index is 0.250. The summed E-state index contributed by atoms with van der Waals surface area (Å²) >= 11 is 9.70. The van der Waals surface area contributed by atoms with Gasteiger partial charge in [-0.15, -0.1) is 0 Å². The van der Waals surface area contributed by atoms with Gasteiger partial charge in [0.1, 0.15) is 15.9 Å². The predicted octanol–water partition coefficient (Wildman–Crippen LogP) is 3.35. The molecular formula is C14H13BrClN5. The first-order valence-corrected chi connectivity index (χ1v) is 8.02. The van der Waals surface area contributed by atoms with Crippen molar-refractivity contribution < 1.29 is 0 Å². The molecule has 7 heteroatoms. The van der Waals surface area contributed by atoms with E-state index in [-0.39, 0.29) is 5.92 Å². The smallest absolute Gasteiger partial charge is 0.155 e. The number of aryl methyl sites for hydroxylation is 1. The van der Waals surface area contributed by atoms with Crippen LogP contribution in [0.4, 0.5) is 0 Å². The zero-order valence-electron chi connectivity index (χ0n) is 11.4. The van der Waals surface area contributed by atoms with Crippen LogP contribution < -0.4 is 0 Å². The van der Waals surface area contributed by atoms with Gasteiger partial charge in [-0.05, 0) is 35.2 Å². The van der Waals surface area contributed by atoms with Gasteiger partial charge in [0, 0.05) is 36.6 Å². The number of nitrogens with zero attached hydrogens (tertiary/aromatic N) is 5. The fourth-order valence-electron chi connectivity index (χ4n) is 3.20. The minimum atomic E-state index is 0.250. The van der Waals surface area contributed by atoms with Crippen molar-refractivity contribution in [3.8, 4) is 0 Å². The van der Waals surface area contributed by atoms with Crippen LogP contribution in [0, 0.1) is 0 Å². The van der Waals surface area contributed by atoms with Gasteiger partial charge in [-0.1, -0.05) is 11.6 Å². The molecule has 0 fully saturated rings. The van der Waals surface area contributed by atoms with Gasteiger partial charge < -0.3 is 0 Å². The average molecular weight is 367 g/mol. The Morgan fingerprint density at radius 3 is 3.14 bits per heavy atom. The monoisotopic (exact) mass is 365 g/mol. The predicted molar refractivity (Wildman–Crippen MR) is 83.7 cm³/mol. The maximum Gasteiger partial charge on any atom is 0.155 e. The second-order valence-electron chi connectivity index (χ2n) is 5.31. The third kappa shape index (κ3) is 1.92. The molecule has 1 aliphatic carbocycles. The molecule has 0 saturated heterocycles. The SMILES string of the molecule is Cn1ncc2c1CCCC2c1nc(Br)c2c(Cl)nccn12. The van der Waals surface area contributed by atoms with Gasteiger partial charge in [0.25, 0.3) is 0 Å². The molecule has 1 atom stereocenters. The molecule has 4 rings (SSSR count). The zero-order valence-corrected chi connectivity index (χ0v) is 13.8. The van der Waals surface area contributed by atoms with E-state index >= 15 is 0 Å². The lowest BCUT2D eigenvalue weighted by Gasteiger charge is -2.21. The van der Waals surface area contributed by atoms with Crippen molar-refractivity contribution in [3.05, 3.63) is 45.4 Å². The molecule has 1 aliphatic rings. The van der Waals surface area contributed by atoms with Gasteiger partial charge in [0.05, 0.1) is 6.20 Å². The molecule has 1 unspecified atom stereocenters. The summed E-state index contributed by atoms with van der Waals surface area (Å²) in [6.07, 6.45) is 8.89. The molecule has 108 valence electrons. The lowest BCUT2D eigenvalue weighted by molar-refractivity contribution is 0.563. The number of rotatable bonds is 1. The maximum absolute atomic E-state index is 6.20. The van der Waals surface area contributed by atoms with Crippen LogP contribution in [0.25, 0.3) is 5.52 Å². The van der Waals surface area contributed by atoms with Crippen LogP contribution in [0.3, 0.4) is 0 Å². The highest BCUT2D eigenvalue weighted by molar-refractivity contribution is 9.10. The van der Waals surface area contributed by atoms with E-state index in [4.69, 9.17) is 16.6 Å². The highest BCUT2D eigenvalue weighted by Crippen LogP contribution is 2.38. The molecule has 0 bridgehead atoms. The molecule has 0 saturated carbocycles. The first-order valence-electron chi connectivity index (χ1n) is 6.85. The molecule has 21 heavy (non-hydrogen) atoms. The molecule has 0 aliphatic heterocycles. The van der Waals surface area contributed by atoms with Gasteiger partial charge in [-0.25, -0.2) is 9.97 Å². The van der Waals surface area contributed by atoms with Crippen molar-refractivity contribution in [2.75, 3.05) is 0 Å². The number of aromatic nitrogens is 5. The normalized spacial score (nSPS) is 18.1. The Balaban J connectivity index is 1.94. The third-order valence-corrected chi connectivity index (χ3v) is 5.01. The van der Waals surface area contributed by atoms with Crippen LogP contribution in [-0.2, 0) is 13.5 Å². The second kappa shape index (κ2) is 4.81. The van der Waals surface area contributed by atoms with Crippen LogP contribution >= 0.6 is 27.5 Å². The highest BCUT2D eigenvalue weighted by atomic mass is 79.9. The molecule has 0 aromatic carbocycles. The summed E-state index contributed by atoms with van der Waals surface area (Å²) in [6.45, 7) is 0. The van der Waals surface area contributed by atoms with E-state index in [9.17, 15) is 0 Å². The van der Waals surface area contributed by atoms with E-state index < -0.39 is 0 Å². The Kier molecular flexibility index (Phi) is 3.04. The van der Waals surface area contributed by atoms with Gasteiger partial charge in [-0.2, -0.15) is 5.10 Å². The van der Waals surface area contributed by atoms with Crippen LogP contribution in [0.5, 0.6) is 0 Å². The first kappa shape index (κ1) is 13.3. The summed E-state index contributed by atoms with van der Waals surface area (Å²) in [5.41, 5.74) is 3.40. The topological polar surface area (TPSA) is 48.0 Å². The largest absolute Gasteiger partial charge is 0.298 e. The fraction of sp³-hybridized carbons (Fsp3) is 0.357. The zero-order chi connectivity index (χ0) is 14.6. The van der Waals surface area contributed by atoms with Crippen LogP contribution in [0.1, 0.15) is 35.8 Å². The Morgan fingerprint density at radius 2 is 2.29 bits per heavy atom. The van der Waals surface area contributed by atoms with Gasteiger partial charge >= 0.3 is 0 Å². The van der Waals surface area contributed by atoms with Crippen LogP contribution in [0.15, 0.2) is 23.2 Å². The van der Waals surface area contributed by atoms with Crippen molar-refractivity contribution >= 4 is 33.0 Å². The molecular weight excluding hydrogens is 354 g/mol. The summed E-state index contributed by atoms with van der Waals surface area (Å²) in [5, 5.41) is 4.87. The number of halogens is 2. The van der Waals surface area contributed by atoms with Crippen molar-refractivity contribution in [3.63, 3.8) is 0 Å². The maximum atomic E-state index is 6.20. The van der Waals surface area contributed by atoms with E-state index in [0.29, 0.717) is 5.15 Å². The first-order chi connectivity index (χ1) is 10.2. The van der Waals surface area contributed by atoms with E-state index in [0.717, 1.165) is 35.2 Å².